The van der Waals surface area contributed by atoms with Gasteiger partial charge < -0.3 is 4.74 Å². The van der Waals surface area contributed by atoms with Gasteiger partial charge in [-0.05, 0) is 25.5 Å². The number of halogens is 1. The predicted octanol–water partition coefficient (Wildman–Crippen LogP) is 2.14. The first-order chi connectivity index (χ1) is 9.84. The third kappa shape index (κ3) is 3.42. The molecule has 0 saturated carbocycles. The number of aromatic nitrogens is 3. The van der Waals surface area contributed by atoms with E-state index in [0.717, 1.165) is 16.7 Å². The van der Waals surface area contributed by atoms with Gasteiger partial charge in [0.2, 0.25) is 0 Å². The van der Waals surface area contributed by atoms with Crippen LogP contribution in [0.4, 0.5) is 0 Å². The van der Waals surface area contributed by atoms with Crippen molar-refractivity contribution in [3.8, 4) is 11.4 Å². The topological polar surface area (TPSA) is 74.1 Å². The molecule has 0 amide bonds. The lowest BCUT2D eigenvalue weighted by atomic mass is 10.1. The van der Waals surface area contributed by atoms with Crippen LogP contribution >= 0.6 is 10.7 Å². The maximum absolute atomic E-state index is 11.6. The monoisotopic (exact) mass is 329 g/mol. The molecule has 1 aromatic heterocycles. The van der Waals surface area contributed by atoms with Crippen molar-refractivity contribution < 1.29 is 13.2 Å². The van der Waals surface area contributed by atoms with E-state index in [0.29, 0.717) is 19.0 Å². The Balaban J connectivity index is 2.63. The van der Waals surface area contributed by atoms with E-state index in [1.165, 1.54) is 11.7 Å². The lowest BCUT2D eigenvalue weighted by Crippen LogP contribution is -2.12. The Morgan fingerprint density at radius 2 is 2.00 bits per heavy atom. The van der Waals surface area contributed by atoms with Gasteiger partial charge in [0.25, 0.3) is 14.2 Å². The summed E-state index contributed by atoms with van der Waals surface area (Å²) in [4.78, 5) is 0. The molecular formula is C13H16ClN3O3S. The molecule has 0 aliphatic carbocycles. The van der Waals surface area contributed by atoms with E-state index in [2.05, 4.69) is 10.2 Å². The molecule has 0 unspecified atom stereocenters. The second-order valence-corrected chi connectivity index (χ2v) is 7.17. The minimum absolute atomic E-state index is 0.267. The fraction of sp³-hybridized carbons (Fsp3) is 0.385. The van der Waals surface area contributed by atoms with Crippen molar-refractivity contribution >= 4 is 19.7 Å². The van der Waals surface area contributed by atoms with Gasteiger partial charge in [-0.1, -0.05) is 17.7 Å². The van der Waals surface area contributed by atoms with Crippen LogP contribution in [0.2, 0.25) is 0 Å². The van der Waals surface area contributed by atoms with Gasteiger partial charge in [0.05, 0.1) is 13.2 Å². The average molecular weight is 330 g/mol. The third-order valence-corrected chi connectivity index (χ3v) is 4.24. The molecule has 21 heavy (non-hydrogen) atoms. The lowest BCUT2D eigenvalue weighted by Gasteiger charge is -2.10. The second kappa shape index (κ2) is 6.13. The van der Waals surface area contributed by atoms with Crippen molar-refractivity contribution in [2.75, 3.05) is 13.7 Å². The number of benzene rings is 1. The molecule has 8 heteroatoms. The zero-order valence-electron chi connectivity index (χ0n) is 12.0. The van der Waals surface area contributed by atoms with Crippen molar-refractivity contribution in [1.82, 2.24) is 14.8 Å². The molecule has 0 saturated heterocycles. The Kier molecular flexibility index (Phi) is 4.65. The Labute approximate surface area is 128 Å². The Morgan fingerprint density at radius 3 is 2.62 bits per heavy atom. The fourth-order valence-corrected chi connectivity index (χ4v) is 2.95. The summed E-state index contributed by atoms with van der Waals surface area (Å²) >= 11 is 0. The van der Waals surface area contributed by atoms with Crippen molar-refractivity contribution in [1.29, 1.82) is 0 Å². The maximum Gasteiger partial charge on any atom is 0.296 e. The minimum Gasteiger partial charge on any atom is -0.383 e. The van der Waals surface area contributed by atoms with E-state index in [4.69, 9.17) is 15.4 Å². The SMILES string of the molecule is COCCn1c(-c2cc(C)ccc2C)nnc1S(=O)(=O)Cl. The molecule has 0 radical (unpaired) electrons. The van der Waals surface area contributed by atoms with Crippen molar-refractivity contribution in [2.24, 2.45) is 0 Å². The number of aryl methyl sites for hydroxylation is 2. The van der Waals surface area contributed by atoms with Gasteiger partial charge in [-0.2, -0.15) is 0 Å². The van der Waals surface area contributed by atoms with E-state index in [-0.39, 0.29) is 5.16 Å². The van der Waals surface area contributed by atoms with Gasteiger partial charge in [0, 0.05) is 23.4 Å². The Hall–Kier alpha value is -1.44. The van der Waals surface area contributed by atoms with Gasteiger partial charge in [0.1, 0.15) is 0 Å². The molecule has 2 aromatic rings. The van der Waals surface area contributed by atoms with Crippen LogP contribution in [-0.4, -0.2) is 36.9 Å². The summed E-state index contributed by atoms with van der Waals surface area (Å²) < 4.78 is 29.7. The lowest BCUT2D eigenvalue weighted by molar-refractivity contribution is 0.185. The summed E-state index contributed by atoms with van der Waals surface area (Å²) in [5.41, 5.74) is 2.85. The van der Waals surface area contributed by atoms with Crippen LogP contribution in [-0.2, 0) is 20.3 Å². The number of hydrogen-bond donors (Lipinski definition) is 0. The average Bonchev–Trinajstić information content (AvgIpc) is 2.82. The highest BCUT2D eigenvalue weighted by Gasteiger charge is 2.23. The zero-order valence-corrected chi connectivity index (χ0v) is 13.6. The number of rotatable bonds is 5. The molecule has 0 aliphatic heterocycles. The van der Waals surface area contributed by atoms with E-state index < -0.39 is 9.05 Å². The normalized spacial score (nSPS) is 11.8. The summed E-state index contributed by atoms with van der Waals surface area (Å²) in [6.45, 7) is 4.51. The molecule has 1 aromatic carbocycles. The van der Waals surface area contributed by atoms with Crippen molar-refractivity contribution in [3.63, 3.8) is 0 Å². The summed E-state index contributed by atoms with van der Waals surface area (Å²) in [6, 6.07) is 5.87. The second-order valence-electron chi connectivity index (χ2n) is 4.71. The van der Waals surface area contributed by atoms with Gasteiger partial charge in [-0.15, -0.1) is 10.2 Å². The fourth-order valence-electron chi connectivity index (χ4n) is 2.03. The van der Waals surface area contributed by atoms with Crippen LogP contribution in [0, 0.1) is 13.8 Å². The van der Waals surface area contributed by atoms with E-state index in [9.17, 15) is 8.42 Å². The summed E-state index contributed by atoms with van der Waals surface area (Å²) in [5.74, 6) is 0.465. The summed E-state index contributed by atoms with van der Waals surface area (Å²) in [6.07, 6.45) is 0. The number of hydrogen-bond acceptors (Lipinski definition) is 5. The Morgan fingerprint density at radius 1 is 1.29 bits per heavy atom. The molecule has 0 atom stereocenters. The van der Waals surface area contributed by atoms with E-state index in [1.807, 2.05) is 32.0 Å². The molecule has 2 rings (SSSR count). The molecule has 0 bridgehead atoms. The van der Waals surface area contributed by atoms with Crippen molar-refractivity contribution in [2.45, 2.75) is 25.5 Å². The molecule has 1 heterocycles. The highest BCUT2D eigenvalue weighted by molar-refractivity contribution is 8.13. The maximum atomic E-state index is 11.6. The summed E-state index contributed by atoms with van der Waals surface area (Å²) in [5, 5.41) is 7.46. The largest absolute Gasteiger partial charge is 0.383 e. The van der Waals surface area contributed by atoms with Gasteiger partial charge >= 0.3 is 0 Å². The van der Waals surface area contributed by atoms with Crippen LogP contribution in [0.3, 0.4) is 0 Å². The first-order valence-corrected chi connectivity index (χ1v) is 8.60. The highest BCUT2D eigenvalue weighted by atomic mass is 35.7. The quantitative estimate of drug-likeness (QED) is 0.786. The van der Waals surface area contributed by atoms with Crippen LogP contribution in [0.5, 0.6) is 0 Å². The van der Waals surface area contributed by atoms with Gasteiger partial charge in [-0.3, -0.25) is 4.57 Å². The van der Waals surface area contributed by atoms with Crippen LogP contribution in [0.25, 0.3) is 11.4 Å². The minimum atomic E-state index is -3.97. The standard InChI is InChI=1S/C13H16ClN3O3S/c1-9-4-5-10(2)11(8-9)12-15-16-13(21(14,18)19)17(12)6-7-20-3/h4-5,8H,6-7H2,1-3H3. The number of methoxy groups -OCH3 is 1. The molecule has 0 fully saturated rings. The zero-order chi connectivity index (χ0) is 15.6. The van der Waals surface area contributed by atoms with Crippen LogP contribution in [0.15, 0.2) is 23.4 Å². The molecule has 0 spiro atoms. The molecule has 6 nitrogen and oxygen atoms in total. The van der Waals surface area contributed by atoms with Gasteiger partial charge in [0.15, 0.2) is 5.82 Å². The summed E-state index contributed by atoms with van der Waals surface area (Å²) in [7, 11) is 2.99. The van der Waals surface area contributed by atoms with Crippen LogP contribution < -0.4 is 0 Å². The highest BCUT2D eigenvalue weighted by Crippen LogP contribution is 2.26. The molecular weight excluding hydrogens is 314 g/mol. The third-order valence-electron chi connectivity index (χ3n) is 3.09. The molecule has 114 valence electrons. The van der Waals surface area contributed by atoms with Crippen molar-refractivity contribution in [3.05, 3.63) is 29.3 Å². The molecule has 0 aliphatic rings. The first-order valence-electron chi connectivity index (χ1n) is 6.29. The van der Waals surface area contributed by atoms with E-state index in [1.54, 1.807) is 0 Å². The van der Waals surface area contributed by atoms with E-state index >= 15 is 0 Å². The van der Waals surface area contributed by atoms with Crippen LogP contribution in [0.1, 0.15) is 11.1 Å². The smallest absolute Gasteiger partial charge is 0.296 e. The predicted molar refractivity (Wildman–Crippen MR) is 79.8 cm³/mol. The molecule has 0 N–H and O–H groups in total. The first kappa shape index (κ1) is 15.9. The van der Waals surface area contributed by atoms with Gasteiger partial charge in [-0.25, -0.2) is 8.42 Å². The Bertz CT molecular complexity index is 756. The number of ether oxygens (including phenoxy) is 1. The number of nitrogens with zero attached hydrogens (tertiary/aromatic N) is 3.